The van der Waals surface area contributed by atoms with Crippen molar-refractivity contribution >= 4 is 0 Å². The molecule has 1 heterocycles. The average molecular weight is 368 g/mol. The van der Waals surface area contributed by atoms with Gasteiger partial charge in [0, 0.05) is 37.8 Å². The van der Waals surface area contributed by atoms with Gasteiger partial charge in [-0.1, -0.05) is 36.3 Å². The molecule has 1 N–H and O–H groups in total. The number of halogens is 1. The van der Waals surface area contributed by atoms with Crippen molar-refractivity contribution in [3.05, 3.63) is 65.5 Å². The first-order chi connectivity index (χ1) is 13.3. The molecule has 0 spiro atoms. The number of rotatable bonds is 8. The SMILES string of the molecule is C#CCOc1ccccc1CNCC(c1ccc(F)cc1)N1CCOCC1. The number of para-hydroxylation sites is 1. The molecule has 1 atom stereocenters. The summed E-state index contributed by atoms with van der Waals surface area (Å²) < 4.78 is 24.4. The van der Waals surface area contributed by atoms with Crippen LogP contribution < -0.4 is 10.1 Å². The molecule has 1 saturated heterocycles. The summed E-state index contributed by atoms with van der Waals surface area (Å²) in [6.07, 6.45) is 5.29. The highest BCUT2D eigenvalue weighted by Gasteiger charge is 2.22. The van der Waals surface area contributed by atoms with Crippen LogP contribution in [0.1, 0.15) is 17.2 Å². The number of nitrogens with zero attached hydrogens (tertiary/aromatic N) is 1. The van der Waals surface area contributed by atoms with Crippen LogP contribution in [0.5, 0.6) is 5.75 Å². The Morgan fingerprint density at radius 3 is 2.63 bits per heavy atom. The summed E-state index contributed by atoms with van der Waals surface area (Å²) in [5, 5.41) is 3.52. The fraction of sp³-hybridized carbons (Fsp3) is 0.364. The van der Waals surface area contributed by atoms with Gasteiger partial charge in [-0.05, 0) is 23.8 Å². The van der Waals surface area contributed by atoms with Crippen molar-refractivity contribution in [2.75, 3.05) is 39.5 Å². The van der Waals surface area contributed by atoms with E-state index in [1.807, 2.05) is 36.4 Å². The lowest BCUT2D eigenvalue weighted by atomic mass is 10.0. The molecular weight excluding hydrogens is 343 g/mol. The van der Waals surface area contributed by atoms with Gasteiger partial charge in [-0.15, -0.1) is 6.42 Å². The van der Waals surface area contributed by atoms with E-state index in [1.54, 1.807) is 0 Å². The molecule has 1 aliphatic heterocycles. The molecule has 142 valence electrons. The number of terminal acetylenes is 1. The first-order valence-electron chi connectivity index (χ1n) is 9.20. The Balaban J connectivity index is 1.66. The summed E-state index contributed by atoms with van der Waals surface area (Å²) in [7, 11) is 0. The van der Waals surface area contributed by atoms with E-state index in [0.717, 1.165) is 49.7 Å². The van der Waals surface area contributed by atoms with Crippen molar-refractivity contribution in [2.45, 2.75) is 12.6 Å². The number of benzene rings is 2. The highest BCUT2D eigenvalue weighted by Crippen LogP contribution is 2.23. The highest BCUT2D eigenvalue weighted by molar-refractivity contribution is 5.33. The van der Waals surface area contributed by atoms with Crippen LogP contribution in [0.2, 0.25) is 0 Å². The molecule has 1 fully saturated rings. The number of morpholine rings is 1. The second-order valence-corrected chi connectivity index (χ2v) is 6.45. The zero-order valence-electron chi connectivity index (χ0n) is 15.4. The Bertz CT molecular complexity index is 752. The van der Waals surface area contributed by atoms with E-state index in [2.05, 4.69) is 16.1 Å². The second-order valence-electron chi connectivity index (χ2n) is 6.45. The lowest BCUT2D eigenvalue weighted by molar-refractivity contribution is 0.0161. The molecule has 0 amide bonds. The maximum atomic E-state index is 13.3. The van der Waals surface area contributed by atoms with Gasteiger partial charge in [0.05, 0.1) is 13.2 Å². The largest absolute Gasteiger partial charge is 0.481 e. The summed E-state index contributed by atoms with van der Waals surface area (Å²) in [4.78, 5) is 2.38. The Hall–Kier alpha value is -2.39. The van der Waals surface area contributed by atoms with Gasteiger partial charge in [0.1, 0.15) is 18.2 Å². The molecule has 0 bridgehead atoms. The van der Waals surface area contributed by atoms with Crippen LogP contribution in [0.4, 0.5) is 4.39 Å². The van der Waals surface area contributed by atoms with Crippen molar-refractivity contribution in [3.63, 3.8) is 0 Å². The van der Waals surface area contributed by atoms with E-state index < -0.39 is 0 Å². The number of hydrogen-bond acceptors (Lipinski definition) is 4. The van der Waals surface area contributed by atoms with Crippen molar-refractivity contribution in [1.82, 2.24) is 10.2 Å². The summed E-state index contributed by atoms with van der Waals surface area (Å²) in [6.45, 7) is 4.85. The minimum atomic E-state index is -0.216. The quantitative estimate of drug-likeness (QED) is 0.727. The molecule has 27 heavy (non-hydrogen) atoms. The second kappa shape index (κ2) is 10.1. The van der Waals surface area contributed by atoms with E-state index in [0.29, 0.717) is 6.54 Å². The molecule has 1 unspecified atom stereocenters. The van der Waals surface area contributed by atoms with Crippen LogP contribution >= 0.6 is 0 Å². The lowest BCUT2D eigenvalue weighted by Gasteiger charge is -2.35. The molecule has 4 nitrogen and oxygen atoms in total. The minimum Gasteiger partial charge on any atom is -0.481 e. The molecule has 0 aromatic heterocycles. The summed E-state index contributed by atoms with van der Waals surface area (Å²) in [6, 6.07) is 14.8. The Morgan fingerprint density at radius 2 is 1.89 bits per heavy atom. The van der Waals surface area contributed by atoms with Crippen LogP contribution in [0.15, 0.2) is 48.5 Å². The smallest absolute Gasteiger partial charge is 0.148 e. The van der Waals surface area contributed by atoms with Gasteiger partial charge in [-0.3, -0.25) is 4.90 Å². The van der Waals surface area contributed by atoms with Crippen molar-refractivity contribution in [1.29, 1.82) is 0 Å². The molecule has 1 aliphatic rings. The van der Waals surface area contributed by atoms with Crippen LogP contribution in [-0.2, 0) is 11.3 Å². The van der Waals surface area contributed by atoms with Gasteiger partial charge in [-0.25, -0.2) is 4.39 Å². The monoisotopic (exact) mass is 368 g/mol. The van der Waals surface area contributed by atoms with Gasteiger partial charge in [0.2, 0.25) is 0 Å². The first kappa shape index (κ1) is 19.4. The van der Waals surface area contributed by atoms with Crippen LogP contribution in [0.25, 0.3) is 0 Å². The van der Waals surface area contributed by atoms with Crippen molar-refractivity contribution in [3.8, 4) is 18.1 Å². The van der Waals surface area contributed by atoms with Crippen LogP contribution in [-0.4, -0.2) is 44.4 Å². The topological polar surface area (TPSA) is 33.7 Å². The summed E-state index contributed by atoms with van der Waals surface area (Å²) in [5.41, 5.74) is 2.16. The molecule has 0 radical (unpaired) electrons. The van der Waals surface area contributed by atoms with Gasteiger partial charge in [-0.2, -0.15) is 0 Å². The maximum Gasteiger partial charge on any atom is 0.148 e. The predicted molar refractivity (Wildman–Crippen MR) is 104 cm³/mol. The Labute approximate surface area is 160 Å². The molecule has 0 saturated carbocycles. The van der Waals surface area contributed by atoms with Gasteiger partial charge >= 0.3 is 0 Å². The highest BCUT2D eigenvalue weighted by atomic mass is 19.1. The third-order valence-corrected chi connectivity index (χ3v) is 4.68. The summed E-state index contributed by atoms with van der Waals surface area (Å²) >= 11 is 0. The normalized spacial score (nSPS) is 15.9. The molecule has 2 aromatic rings. The maximum absolute atomic E-state index is 13.3. The van der Waals surface area contributed by atoms with E-state index in [9.17, 15) is 4.39 Å². The third-order valence-electron chi connectivity index (χ3n) is 4.68. The molecule has 3 rings (SSSR count). The third kappa shape index (κ3) is 5.54. The Morgan fingerprint density at radius 1 is 1.15 bits per heavy atom. The number of ether oxygens (including phenoxy) is 2. The zero-order chi connectivity index (χ0) is 18.9. The van der Waals surface area contributed by atoms with Crippen molar-refractivity contribution in [2.24, 2.45) is 0 Å². The minimum absolute atomic E-state index is 0.160. The number of hydrogen-bond donors (Lipinski definition) is 1. The van der Waals surface area contributed by atoms with E-state index in [-0.39, 0.29) is 18.5 Å². The van der Waals surface area contributed by atoms with Gasteiger partial charge < -0.3 is 14.8 Å². The fourth-order valence-electron chi connectivity index (χ4n) is 3.29. The zero-order valence-corrected chi connectivity index (χ0v) is 15.4. The van der Waals surface area contributed by atoms with Gasteiger partial charge in [0.25, 0.3) is 0 Å². The van der Waals surface area contributed by atoms with E-state index in [1.165, 1.54) is 12.1 Å². The first-order valence-corrected chi connectivity index (χ1v) is 9.20. The Kier molecular flexibility index (Phi) is 7.23. The molecule has 0 aliphatic carbocycles. The molecule has 2 aromatic carbocycles. The average Bonchev–Trinajstić information content (AvgIpc) is 2.72. The van der Waals surface area contributed by atoms with Gasteiger partial charge in [0.15, 0.2) is 0 Å². The van der Waals surface area contributed by atoms with E-state index >= 15 is 0 Å². The summed E-state index contributed by atoms with van der Waals surface area (Å²) in [5.74, 6) is 3.08. The van der Waals surface area contributed by atoms with E-state index in [4.69, 9.17) is 15.9 Å². The lowest BCUT2D eigenvalue weighted by Crippen LogP contribution is -2.42. The fourth-order valence-corrected chi connectivity index (χ4v) is 3.29. The van der Waals surface area contributed by atoms with Crippen molar-refractivity contribution < 1.29 is 13.9 Å². The van der Waals surface area contributed by atoms with Crippen LogP contribution in [0.3, 0.4) is 0 Å². The standard InChI is InChI=1S/C22H25FN2O2/c1-2-13-27-22-6-4-3-5-19(22)16-24-17-21(25-11-14-26-15-12-25)18-7-9-20(23)10-8-18/h1,3-10,21,24H,11-17H2. The molecular formula is C22H25FN2O2. The van der Waals surface area contributed by atoms with Crippen LogP contribution in [0, 0.1) is 18.2 Å². The molecule has 5 heteroatoms. The predicted octanol–water partition coefficient (Wildman–Crippen LogP) is 3.00. The number of nitrogens with one attached hydrogen (secondary N) is 1.